The number of hydrogen-bond acceptors (Lipinski definition) is 6. The van der Waals surface area contributed by atoms with E-state index in [4.69, 9.17) is 14.6 Å². The number of carboxylic acid groups (broad SMARTS) is 1. The predicted octanol–water partition coefficient (Wildman–Crippen LogP) is 1.78. The molecule has 0 bridgehead atoms. The number of ether oxygens (including phenoxy) is 2. The summed E-state index contributed by atoms with van der Waals surface area (Å²) in [6.07, 6.45) is 0.282. The molecule has 3 rings (SSSR count). The summed E-state index contributed by atoms with van der Waals surface area (Å²) in [5.41, 5.74) is 0.761. The van der Waals surface area contributed by atoms with E-state index in [1.165, 1.54) is 9.21 Å². The van der Waals surface area contributed by atoms with Crippen molar-refractivity contribution in [2.45, 2.75) is 44.5 Å². The van der Waals surface area contributed by atoms with E-state index in [1.807, 2.05) is 10.8 Å². The summed E-state index contributed by atoms with van der Waals surface area (Å²) < 4.78 is 39.0. The third-order valence-electron chi connectivity index (χ3n) is 5.26. The second-order valence-electron chi connectivity index (χ2n) is 7.37. The third kappa shape index (κ3) is 6.31. The molecular weight excluding hydrogens is 414 g/mol. The number of nitrogens with zero attached hydrogens (tertiary/aromatic N) is 2. The van der Waals surface area contributed by atoms with Gasteiger partial charge in [0.15, 0.2) is 0 Å². The molecule has 2 amide bonds. The minimum atomic E-state index is -3.98. The fraction of sp³-hybridized carbons (Fsp3) is 0.579. The maximum atomic E-state index is 12.4. The highest BCUT2D eigenvalue weighted by molar-refractivity contribution is 7.87. The minimum absolute atomic E-state index is 0.0140. The minimum Gasteiger partial charge on any atom is -0.465 e. The molecule has 2 aliphatic heterocycles. The first-order chi connectivity index (χ1) is 14.3. The van der Waals surface area contributed by atoms with Gasteiger partial charge in [-0.05, 0) is 31.2 Å². The van der Waals surface area contributed by atoms with Crippen LogP contribution in [-0.4, -0.2) is 73.3 Å². The largest absolute Gasteiger partial charge is 0.465 e. The maximum Gasteiger partial charge on any atom is 0.422 e. The van der Waals surface area contributed by atoms with Gasteiger partial charge in [0.05, 0.1) is 12.2 Å². The van der Waals surface area contributed by atoms with Gasteiger partial charge in [-0.25, -0.2) is 14.3 Å². The van der Waals surface area contributed by atoms with Crippen LogP contribution >= 0.6 is 0 Å². The molecule has 2 fully saturated rings. The van der Waals surface area contributed by atoms with Crippen molar-refractivity contribution in [1.82, 2.24) is 13.9 Å². The third-order valence-corrected chi connectivity index (χ3v) is 6.73. The van der Waals surface area contributed by atoms with Gasteiger partial charge in [-0.3, -0.25) is 0 Å². The van der Waals surface area contributed by atoms with Gasteiger partial charge in [-0.15, -0.1) is 0 Å². The molecule has 2 heterocycles. The summed E-state index contributed by atoms with van der Waals surface area (Å²) in [4.78, 5) is 24.2. The first-order valence-electron chi connectivity index (χ1n) is 9.95. The highest BCUT2D eigenvalue weighted by atomic mass is 32.2. The van der Waals surface area contributed by atoms with Gasteiger partial charge >= 0.3 is 22.4 Å². The van der Waals surface area contributed by atoms with Crippen LogP contribution in [-0.2, 0) is 26.3 Å². The normalized spacial score (nSPS) is 19.4. The lowest BCUT2D eigenvalue weighted by Crippen LogP contribution is -2.49. The van der Waals surface area contributed by atoms with Gasteiger partial charge < -0.3 is 19.5 Å². The number of rotatable bonds is 6. The van der Waals surface area contributed by atoms with Crippen molar-refractivity contribution in [3.8, 4) is 0 Å². The van der Waals surface area contributed by atoms with Crippen LogP contribution in [0.5, 0.6) is 0 Å². The quantitative estimate of drug-likeness (QED) is 0.689. The molecule has 30 heavy (non-hydrogen) atoms. The summed E-state index contributed by atoms with van der Waals surface area (Å²) in [5.74, 6) is 0. The summed E-state index contributed by atoms with van der Waals surface area (Å²) in [6.45, 7) is 1.35. The molecule has 0 spiro atoms. The van der Waals surface area contributed by atoms with E-state index in [0.29, 0.717) is 38.8 Å². The number of carbonyl (C=O) groups excluding carboxylic acids is 1. The number of benzene rings is 1. The lowest BCUT2D eigenvalue weighted by Gasteiger charge is -2.35. The van der Waals surface area contributed by atoms with E-state index in [-0.39, 0.29) is 31.9 Å². The number of piperidine rings is 2. The molecule has 0 aromatic heterocycles. The van der Waals surface area contributed by atoms with Crippen molar-refractivity contribution >= 4 is 22.4 Å². The Morgan fingerprint density at radius 3 is 2.13 bits per heavy atom. The standard InChI is InChI=1S/C19H27N3O7S/c23-18(28-14-15-4-2-1-3-5-15)20-30(26,27)22-12-8-17(9-13-22)29-16-6-10-21(11-7-16)19(24)25/h1-5,16-17H,6-14H2,(H,20,23)(H,24,25). The van der Waals surface area contributed by atoms with E-state index in [1.54, 1.807) is 24.3 Å². The van der Waals surface area contributed by atoms with Crippen LogP contribution in [0, 0.1) is 0 Å². The molecule has 2 N–H and O–H groups in total. The summed E-state index contributed by atoms with van der Waals surface area (Å²) in [7, 11) is -3.98. The monoisotopic (exact) mass is 441 g/mol. The van der Waals surface area contributed by atoms with E-state index < -0.39 is 22.4 Å². The second-order valence-corrected chi connectivity index (χ2v) is 9.04. The SMILES string of the molecule is O=C(NS(=O)(=O)N1CCC(OC2CCN(C(=O)O)CC2)CC1)OCc1ccccc1. The lowest BCUT2D eigenvalue weighted by atomic mass is 10.1. The topological polar surface area (TPSA) is 125 Å². The first kappa shape index (κ1) is 22.3. The molecule has 2 aliphatic rings. The molecule has 0 saturated carbocycles. The molecular formula is C19H27N3O7S. The highest BCUT2D eigenvalue weighted by Gasteiger charge is 2.32. The number of amides is 2. The van der Waals surface area contributed by atoms with Gasteiger partial charge in [0.25, 0.3) is 0 Å². The highest BCUT2D eigenvalue weighted by Crippen LogP contribution is 2.22. The molecule has 11 heteroatoms. The molecule has 0 unspecified atom stereocenters. The zero-order valence-corrected chi connectivity index (χ0v) is 17.4. The van der Waals surface area contributed by atoms with Crippen LogP contribution in [0.3, 0.4) is 0 Å². The maximum absolute atomic E-state index is 12.4. The van der Waals surface area contributed by atoms with Crippen molar-refractivity contribution in [1.29, 1.82) is 0 Å². The molecule has 1 aromatic carbocycles. The summed E-state index contributed by atoms with van der Waals surface area (Å²) in [6, 6.07) is 8.99. The Hall–Kier alpha value is -2.37. The van der Waals surface area contributed by atoms with Crippen LogP contribution in [0.1, 0.15) is 31.2 Å². The Morgan fingerprint density at radius 1 is 1.00 bits per heavy atom. The first-order valence-corrected chi connectivity index (χ1v) is 11.4. The molecule has 0 aliphatic carbocycles. The average molecular weight is 442 g/mol. The zero-order chi connectivity index (χ0) is 21.6. The fourth-order valence-electron chi connectivity index (χ4n) is 3.59. The van der Waals surface area contributed by atoms with Crippen LogP contribution in [0.4, 0.5) is 9.59 Å². The Labute approximate surface area is 175 Å². The van der Waals surface area contributed by atoms with Gasteiger partial charge in [0.1, 0.15) is 6.61 Å². The molecule has 2 saturated heterocycles. The van der Waals surface area contributed by atoms with Crippen LogP contribution in [0.2, 0.25) is 0 Å². The van der Waals surface area contributed by atoms with Gasteiger partial charge in [0, 0.05) is 26.2 Å². The van der Waals surface area contributed by atoms with E-state index in [2.05, 4.69) is 0 Å². The van der Waals surface area contributed by atoms with Gasteiger partial charge in [-0.2, -0.15) is 12.7 Å². The van der Waals surface area contributed by atoms with Crippen LogP contribution in [0.15, 0.2) is 30.3 Å². The van der Waals surface area contributed by atoms with Crippen LogP contribution in [0.25, 0.3) is 0 Å². The van der Waals surface area contributed by atoms with Crippen molar-refractivity contribution in [3.05, 3.63) is 35.9 Å². The Bertz CT molecular complexity index is 818. The van der Waals surface area contributed by atoms with Crippen LogP contribution < -0.4 is 4.72 Å². The predicted molar refractivity (Wildman–Crippen MR) is 107 cm³/mol. The molecule has 10 nitrogen and oxygen atoms in total. The summed E-state index contributed by atoms with van der Waals surface area (Å²) in [5, 5.41) is 8.99. The Balaban J connectivity index is 1.39. The zero-order valence-electron chi connectivity index (χ0n) is 16.6. The second kappa shape index (κ2) is 10.1. The average Bonchev–Trinajstić information content (AvgIpc) is 2.73. The lowest BCUT2D eigenvalue weighted by molar-refractivity contribution is -0.0563. The Kier molecular flexibility index (Phi) is 7.51. The van der Waals surface area contributed by atoms with E-state index >= 15 is 0 Å². The van der Waals surface area contributed by atoms with Gasteiger partial charge in [0.2, 0.25) is 0 Å². The number of hydrogen-bond donors (Lipinski definition) is 2. The fourth-order valence-corrected chi connectivity index (χ4v) is 4.68. The Morgan fingerprint density at radius 2 is 1.57 bits per heavy atom. The van der Waals surface area contributed by atoms with E-state index in [9.17, 15) is 18.0 Å². The number of nitrogens with one attached hydrogen (secondary N) is 1. The number of likely N-dealkylation sites (tertiary alicyclic amines) is 1. The molecule has 0 atom stereocenters. The molecule has 1 aromatic rings. The van der Waals surface area contributed by atoms with Crippen molar-refractivity contribution in [2.24, 2.45) is 0 Å². The van der Waals surface area contributed by atoms with Gasteiger partial charge in [-0.1, -0.05) is 30.3 Å². The van der Waals surface area contributed by atoms with Crippen molar-refractivity contribution in [2.75, 3.05) is 26.2 Å². The number of carbonyl (C=O) groups is 2. The molecule has 166 valence electrons. The smallest absolute Gasteiger partial charge is 0.422 e. The van der Waals surface area contributed by atoms with E-state index in [0.717, 1.165) is 5.56 Å². The van der Waals surface area contributed by atoms with Crippen molar-refractivity contribution < 1.29 is 32.6 Å². The van der Waals surface area contributed by atoms with Crippen molar-refractivity contribution in [3.63, 3.8) is 0 Å². The molecule has 0 radical (unpaired) electrons. The summed E-state index contributed by atoms with van der Waals surface area (Å²) >= 11 is 0.